The Kier molecular flexibility index (Phi) is 6.07. The summed E-state index contributed by atoms with van der Waals surface area (Å²) in [6, 6.07) is 4.17. The van der Waals surface area contributed by atoms with Gasteiger partial charge in [0, 0.05) is 5.56 Å². The molecule has 136 valence electrons. The first-order valence-electron chi connectivity index (χ1n) is 7.25. The van der Waals surface area contributed by atoms with E-state index in [9.17, 15) is 22.8 Å². The van der Waals surface area contributed by atoms with Crippen LogP contribution in [0, 0.1) is 6.92 Å². The van der Waals surface area contributed by atoms with Gasteiger partial charge in [0.05, 0.1) is 31.1 Å². The highest BCUT2D eigenvalue weighted by molar-refractivity contribution is 8.15. The Bertz CT molecular complexity index is 707. The topological polar surface area (TPSA) is 85.0 Å². The molecule has 1 fully saturated rings. The third kappa shape index (κ3) is 5.46. The maximum Gasteiger partial charge on any atom is 0.391 e. The number of thioether (sulfide) groups is 1. The zero-order chi connectivity index (χ0) is 18.6. The third-order valence-electron chi connectivity index (χ3n) is 3.24. The lowest BCUT2D eigenvalue weighted by atomic mass is 10.1. The normalized spacial score (nSPS) is 16.7. The van der Waals surface area contributed by atoms with Crippen LogP contribution in [0.25, 0.3) is 0 Å². The molecule has 0 aliphatic carbocycles. The summed E-state index contributed by atoms with van der Waals surface area (Å²) in [5.74, 6) is -0.207. The van der Waals surface area contributed by atoms with E-state index in [1.54, 1.807) is 25.1 Å². The van der Waals surface area contributed by atoms with Crippen LogP contribution in [-0.2, 0) is 16.1 Å². The van der Waals surface area contributed by atoms with E-state index in [1.165, 1.54) is 4.90 Å². The van der Waals surface area contributed by atoms with Gasteiger partial charge in [-0.3, -0.25) is 9.69 Å². The molecule has 1 aromatic rings. The molecule has 25 heavy (non-hydrogen) atoms. The number of nitrogens with two attached hydrogens (primary N) is 1. The zero-order valence-corrected chi connectivity index (χ0v) is 14.1. The number of benzene rings is 1. The first kappa shape index (κ1) is 19.3. The van der Waals surface area contributed by atoms with Crippen LogP contribution < -0.4 is 10.6 Å². The second-order valence-electron chi connectivity index (χ2n) is 5.30. The van der Waals surface area contributed by atoms with Crippen molar-refractivity contribution >= 4 is 34.6 Å². The summed E-state index contributed by atoms with van der Waals surface area (Å²) in [5, 5.41) is 0.139. The lowest BCUT2D eigenvalue weighted by molar-refractivity contribution is -0.146. The van der Waals surface area contributed by atoms with E-state index in [1.807, 2.05) is 0 Å². The lowest BCUT2D eigenvalue weighted by Crippen LogP contribution is -2.31. The smallest absolute Gasteiger partial charge is 0.376 e. The second kappa shape index (κ2) is 7.87. The van der Waals surface area contributed by atoms with Crippen LogP contribution in [0.15, 0.2) is 23.2 Å². The Labute approximate surface area is 146 Å². The molecule has 0 atom stereocenters. The molecule has 0 bridgehead atoms. The van der Waals surface area contributed by atoms with Crippen molar-refractivity contribution in [3.05, 3.63) is 29.3 Å². The molecule has 0 saturated carbocycles. The monoisotopic (exact) mass is 375 g/mol. The molecule has 1 aliphatic heterocycles. The van der Waals surface area contributed by atoms with Gasteiger partial charge >= 0.3 is 12.2 Å². The number of aryl methyl sites for hydroxylation is 1. The number of hydrogen-bond acceptors (Lipinski definition) is 4. The van der Waals surface area contributed by atoms with Gasteiger partial charge in [0.15, 0.2) is 5.17 Å². The van der Waals surface area contributed by atoms with Crippen molar-refractivity contribution in [3.8, 4) is 0 Å². The number of hydrogen-bond donors (Lipinski definition) is 1. The van der Waals surface area contributed by atoms with E-state index in [-0.39, 0.29) is 23.4 Å². The van der Waals surface area contributed by atoms with Gasteiger partial charge in [0.2, 0.25) is 5.91 Å². The molecule has 10 heteroatoms. The summed E-state index contributed by atoms with van der Waals surface area (Å²) < 4.78 is 41.7. The number of halogens is 3. The molecule has 0 spiro atoms. The van der Waals surface area contributed by atoms with Gasteiger partial charge in [-0.15, -0.1) is 0 Å². The van der Waals surface area contributed by atoms with Gasteiger partial charge in [-0.05, 0) is 18.6 Å². The first-order valence-corrected chi connectivity index (χ1v) is 8.24. The minimum Gasteiger partial charge on any atom is -0.376 e. The predicted molar refractivity (Wildman–Crippen MR) is 88.5 cm³/mol. The van der Waals surface area contributed by atoms with E-state index in [0.717, 1.165) is 17.3 Å². The molecule has 1 saturated heterocycles. The predicted octanol–water partition coefficient (Wildman–Crippen LogP) is 2.98. The van der Waals surface area contributed by atoms with Crippen LogP contribution in [0.2, 0.25) is 0 Å². The van der Waals surface area contributed by atoms with Crippen LogP contribution in [0.3, 0.4) is 0 Å². The van der Waals surface area contributed by atoms with E-state index < -0.39 is 25.2 Å². The minimum atomic E-state index is -4.29. The number of alkyl halides is 3. The van der Waals surface area contributed by atoms with E-state index in [4.69, 9.17) is 10.5 Å². The fourth-order valence-electron chi connectivity index (χ4n) is 2.15. The molecule has 1 aromatic carbocycles. The number of carbonyl (C=O) groups is 2. The largest absolute Gasteiger partial charge is 0.391 e. The Hall–Kier alpha value is -2.07. The van der Waals surface area contributed by atoms with Gasteiger partial charge in [-0.1, -0.05) is 23.9 Å². The molecule has 1 heterocycles. The molecular weight excluding hydrogens is 359 g/mol. The molecule has 0 unspecified atom stereocenters. The van der Waals surface area contributed by atoms with Crippen molar-refractivity contribution in [1.82, 2.24) is 0 Å². The number of urea groups is 1. The Morgan fingerprint density at radius 1 is 1.44 bits per heavy atom. The van der Waals surface area contributed by atoms with Crippen LogP contribution in [0.1, 0.15) is 17.5 Å². The van der Waals surface area contributed by atoms with Crippen molar-refractivity contribution < 1.29 is 27.5 Å². The third-order valence-corrected chi connectivity index (χ3v) is 4.16. The molecule has 3 amide bonds. The molecule has 6 nitrogen and oxygen atoms in total. The highest BCUT2D eigenvalue weighted by Crippen LogP contribution is 2.31. The maximum atomic E-state index is 12.2. The Morgan fingerprint density at radius 3 is 2.80 bits per heavy atom. The number of carbonyl (C=O) groups excluding carboxylic acids is 2. The average molecular weight is 375 g/mol. The summed E-state index contributed by atoms with van der Waals surface area (Å²) >= 11 is 1.06. The molecule has 2 rings (SSSR count). The maximum absolute atomic E-state index is 12.2. The average Bonchev–Trinajstić information content (AvgIpc) is 2.83. The SMILES string of the molecule is Cc1ccc(COCCC(F)(F)F)c(N2C(=O)CSC2=NC(N)=O)c1. The molecule has 0 aromatic heterocycles. The molecule has 0 radical (unpaired) electrons. The molecular formula is C15H16F3N3O3S. The number of ether oxygens (including phenoxy) is 1. The minimum absolute atomic E-state index is 0.0917. The van der Waals surface area contributed by atoms with Crippen molar-refractivity contribution in [1.29, 1.82) is 0 Å². The van der Waals surface area contributed by atoms with E-state index in [0.29, 0.717) is 11.3 Å². The van der Waals surface area contributed by atoms with Crippen LogP contribution >= 0.6 is 11.8 Å². The summed E-state index contributed by atoms with van der Waals surface area (Å²) in [7, 11) is 0. The van der Waals surface area contributed by atoms with Crippen LogP contribution in [-0.4, -0.2) is 35.6 Å². The standard InChI is InChI=1S/C15H16F3N3O3S/c1-9-2-3-10(7-24-5-4-15(16,17)18)11(6-9)21-12(22)8-25-14(21)20-13(19)23/h2-3,6H,4-5,7-8H2,1H3,(H2,19,23). The highest BCUT2D eigenvalue weighted by Gasteiger charge is 2.32. The Morgan fingerprint density at radius 2 is 2.16 bits per heavy atom. The number of anilines is 1. The van der Waals surface area contributed by atoms with Crippen LogP contribution in [0.5, 0.6) is 0 Å². The fraction of sp³-hybridized carbons (Fsp3) is 0.400. The number of primary amides is 1. The highest BCUT2D eigenvalue weighted by atomic mass is 32.2. The summed E-state index contributed by atoms with van der Waals surface area (Å²) in [6.45, 7) is 1.21. The summed E-state index contributed by atoms with van der Waals surface area (Å²) in [4.78, 5) is 28.1. The number of amidine groups is 1. The zero-order valence-electron chi connectivity index (χ0n) is 13.3. The molecule has 2 N–H and O–H groups in total. The van der Waals surface area contributed by atoms with Gasteiger partial charge in [0.1, 0.15) is 0 Å². The summed E-state index contributed by atoms with van der Waals surface area (Å²) in [6.07, 6.45) is -5.35. The fourth-order valence-corrected chi connectivity index (χ4v) is 3.02. The van der Waals surface area contributed by atoms with Crippen molar-refractivity contribution in [2.75, 3.05) is 17.3 Å². The van der Waals surface area contributed by atoms with E-state index >= 15 is 0 Å². The van der Waals surface area contributed by atoms with E-state index in [2.05, 4.69) is 4.99 Å². The van der Waals surface area contributed by atoms with Gasteiger partial charge in [-0.25, -0.2) is 4.79 Å². The van der Waals surface area contributed by atoms with Crippen molar-refractivity contribution in [2.45, 2.75) is 26.1 Å². The second-order valence-corrected chi connectivity index (χ2v) is 6.24. The van der Waals surface area contributed by atoms with Crippen molar-refractivity contribution in [2.24, 2.45) is 10.7 Å². The number of rotatable bonds is 5. The summed E-state index contributed by atoms with van der Waals surface area (Å²) in [5.41, 5.74) is 6.82. The van der Waals surface area contributed by atoms with Crippen molar-refractivity contribution in [3.63, 3.8) is 0 Å². The van der Waals surface area contributed by atoms with Gasteiger partial charge in [0.25, 0.3) is 0 Å². The number of amides is 3. The lowest BCUT2D eigenvalue weighted by Gasteiger charge is -2.20. The number of aliphatic imine (C=N–C) groups is 1. The quantitative estimate of drug-likeness (QED) is 0.802. The number of nitrogens with zero attached hydrogens (tertiary/aromatic N) is 2. The first-order chi connectivity index (χ1) is 11.7. The van der Waals surface area contributed by atoms with Crippen LogP contribution in [0.4, 0.5) is 23.7 Å². The Balaban J connectivity index is 2.23. The van der Waals surface area contributed by atoms with Gasteiger partial charge in [-0.2, -0.15) is 18.2 Å². The molecule has 1 aliphatic rings. The van der Waals surface area contributed by atoms with Gasteiger partial charge < -0.3 is 10.5 Å².